The summed E-state index contributed by atoms with van der Waals surface area (Å²) >= 11 is 0. The molecule has 0 atom stereocenters. The van der Waals surface area contributed by atoms with Gasteiger partial charge in [-0.15, -0.1) is 5.10 Å². The molecule has 164 valence electrons. The summed E-state index contributed by atoms with van der Waals surface area (Å²) in [6.45, 7) is 3.89. The summed E-state index contributed by atoms with van der Waals surface area (Å²) < 4.78 is 44.1. The molecule has 31 heavy (non-hydrogen) atoms. The van der Waals surface area contributed by atoms with Crippen molar-refractivity contribution >= 4 is 5.97 Å². The van der Waals surface area contributed by atoms with Gasteiger partial charge < -0.3 is 9.84 Å². The first kappa shape index (κ1) is 22.3. The van der Waals surface area contributed by atoms with Gasteiger partial charge in [0.2, 0.25) is 0 Å². The maximum Gasteiger partial charge on any atom is 0.416 e. The second-order valence-corrected chi connectivity index (χ2v) is 7.12. The summed E-state index contributed by atoms with van der Waals surface area (Å²) in [5.41, 5.74) is 2.43. The second kappa shape index (κ2) is 9.20. The van der Waals surface area contributed by atoms with E-state index < -0.39 is 17.7 Å². The molecule has 6 nitrogen and oxygen atoms in total. The second-order valence-electron chi connectivity index (χ2n) is 7.12. The van der Waals surface area contributed by atoms with E-state index in [-0.39, 0.29) is 13.0 Å². The Kier molecular flexibility index (Phi) is 6.62. The highest BCUT2D eigenvalue weighted by molar-refractivity contribution is 5.70. The van der Waals surface area contributed by atoms with E-state index in [1.807, 2.05) is 13.0 Å². The van der Waals surface area contributed by atoms with Gasteiger partial charge in [0, 0.05) is 0 Å². The van der Waals surface area contributed by atoms with Crippen molar-refractivity contribution < 1.29 is 27.8 Å². The molecule has 1 aromatic heterocycles. The van der Waals surface area contributed by atoms with Gasteiger partial charge in [-0.2, -0.15) is 23.1 Å². The van der Waals surface area contributed by atoms with E-state index in [0.29, 0.717) is 28.4 Å². The van der Waals surface area contributed by atoms with E-state index >= 15 is 0 Å². The van der Waals surface area contributed by atoms with E-state index in [0.717, 1.165) is 30.5 Å². The molecule has 3 rings (SSSR count). The predicted molar refractivity (Wildman–Crippen MR) is 107 cm³/mol. The number of hydrogen-bond acceptors (Lipinski definition) is 4. The number of carboxylic acid groups (broad SMARTS) is 1. The minimum Gasteiger partial charge on any atom is -0.487 e. The number of rotatable bonds is 8. The van der Waals surface area contributed by atoms with Crippen molar-refractivity contribution in [1.29, 1.82) is 0 Å². The number of aliphatic carboxylic acids is 1. The average molecular weight is 433 g/mol. The number of carbonyl (C=O) groups is 1. The molecule has 0 amide bonds. The predicted octanol–water partition coefficient (Wildman–Crippen LogP) is 4.75. The molecule has 0 spiro atoms. The lowest BCUT2D eigenvalue weighted by molar-refractivity contribution is -0.138. The zero-order valence-corrected chi connectivity index (χ0v) is 17.1. The van der Waals surface area contributed by atoms with E-state index in [1.165, 1.54) is 16.9 Å². The SMILES string of the molecule is CCCc1cc(CC(=O)O)ccc1OCc1nn(-c2ccc(C(F)(F)F)cc2)nc1C. The summed E-state index contributed by atoms with van der Waals surface area (Å²) in [5.74, 6) is -0.258. The summed E-state index contributed by atoms with van der Waals surface area (Å²) in [6.07, 6.45) is -2.85. The van der Waals surface area contributed by atoms with Crippen LogP contribution in [0, 0.1) is 6.92 Å². The quantitative estimate of drug-likeness (QED) is 0.555. The van der Waals surface area contributed by atoms with Crippen molar-refractivity contribution in [3.63, 3.8) is 0 Å². The molecule has 0 aliphatic carbocycles. The number of nitrogens with zero attached hydrogens (tertiary/aromatic N) is 3. The lowest BCUT2D eigenvalue weighted by Crippen LogP contribution is -2.06. The Hall–Kier alpha value is -3.36. The third-order valence-electron chi connectivity index (χ3n) is 4.67. The molecule has 3 aromatic rings. The first-order chi connectivity index (χ1) is 14.7. The fraction of sp³-hybridized carbons (Fsp3) is 0.318. The Morgan fingerprint density at radius 2 is 1.84 bits per heavy atom. The Morgan fingerprint density at radius 1 is 1.13 bits per heavy atom. The number of aromatic nitrogens is 3. The molecule has 1 heterocycles. The Balaban J connectivity index is 1.76. The summed E-state index contributed by atoms with van der Waals surface area (Å²) in [4.78, 5) is 12.2. The van der Waals surface area contributed by atoms with Crippen LogP contribution in [0.15, 0.2) is 42.5 Å². The van der Waals surface area contributed by atoms with Crippen molar-refractivity contribution in [3.8, 4) is 11.4 Å². The average Bonchev–Trinajstić information content (AvgIpc) is 3.07. The molecule has 0 aliphatic heterocycles. The van der Waals surface area contributed by atoms with Crippen LogP contribution in [0.2, 0.25) is 0 Å². The fourth-order valence-corrected chi connectivity index (χ4v) is 3.11. The largest absolute Gasteiger partial charge is 0.487 e. The molecular formula is C22H22F3N3O3. The maximum atomic E-state index is 12.7. The number of hydrogen-bond donors (Lipinski definition) is 1. The molecule has 0 saturated carbocycles. The summed E-state index contributed by atoms with van der Waals surface area (Å²) in [5, 5.41) is 17.6. The molecule has 0 fully saturated rings. The van der Waals surface area contributed by atoms with Crippen LogP contribution in [0.3, 0.4) is 0 Å². The Morgan fingerprint density at radius 3 is 2.45 bits per heavy atom. The van der Waals surface area contributed by atoms with Crippen molar-refractivity contribution in [2.24, 2.45) is 0 Å². The minimum absolute atomic E-state index is 0.0580. The lowest BCUT2D eigenvalue weighted by Gasteiger charge is -2.12. The number of aryl methyl sites for hydroxylation is 2. The zero-order valence-electron chi connectivity index (χ0n) is 17.1. The number of benzene rings is 2. The van der Waals surface area contributed by atoms with Gasteiger partial charge in [-0.3, -0.25) is 4.79 Å². The highest BCUT2D eigenvalue weighted by Gasteiger charge is 2.30. The van der Waals surface area contributed by atoms with E-state index in [1.54, 1.807) is 19.1 Å². The first-order valence-corrected chi connectivity index (χ1v) is 9.74. The summed E-state index contributed by atoms with van der Waals surface area (Å²) in [7, 11) is 0. The van der Waals surface area contributed by atoms with E-state index in [4.69, 9.17) is 9.84 Å². The number of carboxylic acids is 1. The molecule has 0 aliphatic rings. The third kappa shape index (κ3) is 5.62. The molecule has 1 N–H and O–H groups in total. The van der Waals surface area contributed by atoms with Gasteiger partial charge in [-0.25, -0.2) is 0 Å². The molecular weight excluding hydrogens is 411 g/mol. The topological polar surface area (TPSA) is 77.2 Å². The maximum absolute atomic E-state index is 12.7. The van der Waals surface area contributed by atoms with Crippen LogP contribution >= 0.6 is 0 Å². The molecule has 0 saturated heterocycles. The lowest BCUT2D eigenvalue weighted by atomic mass is 10.0. The van der Waals surface area contributed by atoms with Crippen LogP contribution in [0.4, 0.5) is 13.2 Å². The highest BCUT2D eigenvalue weighted by atomic mass is 19.4. The van der Waals surface area contributed by atoms with Gasteiger partial charge in [-0.05, 0) is 54.8 Å². The standard InChI is InChI=1S/C22H22F3N3O3/c1-3-4-16-11-15(12-21(29)30)5-10-20(16)31-13-19-14(2)26-28(27-19)18-8-6-17(7-9-18)22(23,24)25/h5-11H,3-4,12-13H2,1-2H3,(H,29,30). The Labute approximate surface area is 177 Å². The molecule has 0 unspecified atom stereocenters. The van der Waals surface area contributed by atoms with Crippen molar-refractivity contribution in [2.45, 2.75) is 45.9 Å². The van der Waals surface area contributed by atoms with Gasteiger partial charge in [0.1, 0.15) is 18.1 Å². The summed E-state index contributed by atoms with van der Waals surface area (Å²) in [6, 6.07) is 9.90. The van der Waals surface area contributed by atoms with E-state index in [2.05, 4.69) is 10.2 Å². The molecule has 2 aromatic carbocycles. The van der Waals surface area contributed by atoms with Gasteiger partial charge >= 0.3 is 12.1 Å². The fourth-order valence-electron chi connectivity index (χ4n) is 3.11. The zero-order chi connectivity index (χ0) is 22.6. The minimum atomic E-state index is -4.40. The van der Waals surface area contributed by atoms with Gasteiger partial charge in [-0.1, -0.05) is 25.5 Å². The third-order valence-corrected chi connectivity index (χ3v) is 4.67. The van der Waals surface area contributed by atoms with Gasteiger partial charge in [0.05, 0.1) is 23.4 Å². The van der Waals surface area contributed by atoms with E-state index in [9.17, 15) is 18.0 Å². The first-order valence-electron chi connectivity index (χ1n) is 9.74. The molecule has 0 radical (unpaired) electrons. The van der Waals surface area contributed by atoms with Crippen molar-refractivity contribution in [1.82, 2.24) is 15.0 Å². The smallest absolute Gasteiger partial charge is 0.416 e. The molecule has 9 heteroatoms. The van der Waals surface area contributed by atoms with Crippen molar-refractivity contribution in [2.75, 3.05) is 0 Å². The van der Waals surface area contributed by atoms with Gasteiger partial charge in [0.25, 0.3) is 0 Å². The van der Waals surface area contributed by atoms with Crippen LogP contribution in [0.1, 0.15) is 41.4 Å². The van der Waals surface area contributed by atoms with Gasteiger partial charge in [0.15, 0.2) is 0 Å². The Bertz CT molecular complexity index is 1060. The van der Waals surface area contributed by atoms with Crippen LogP contribution < -0.4 is 4.74 Å². The van der Waals surface area contributed by atoms with Crippen LogP contribution in [0.5, 0.6) is 5.75 Å². The van der Waals surface area contributed by atoms with Crippen LogP contribution in [-0.4, -0.2) is 26.1 Å². The molecule has 0 bridgehead atoms. The number of halogens is 3. The number of ether oxygens (including phenoxy) is 1. The van der Waals surface area contributed by atoms with Crippen molar-refractivity contribution in [3.05, 3.63) is 70.5 Å². The monoisotopic (exact) mass is 433 g/mol. The normalized spacial score (nSPS) is 11.5. The highest BCUT2D eigenvalue weighted by Crippen LogP contribution is 2.29. The number of alkyl halides is 3. The van der Waals surface area contributed by atoms with Crippen LogP contribution in [0.25, 0.3) is 5.69 Å². The van der Waals surface area contributed by atoms with Crippen LogP contribution in [-0.2, 0) is 30.4 Å².